The van der Waals surface area contributed by atoms with E-state index in [2.05, 4.69) is 53.5 Å². The van der Waals surface area contributed by atoms with E-state index in [1.807, 2.05) is 13.1 Å². The Kier molecular flexibility index (Phi) is 4.22. The van der Waals surface area contributed by atoms with Crippen molar-refractivity contribution in [2.45, 2.75) is 32.4 Å². The number of nitrogens with one attached hydrogen (secondary N) is 1. The van der Waals surface area contributed by atoms with Gasteiger partial charge in [-0.1, -0.05) is 30.3 Å². The summed E-state index contributed by atoms with van der Waals surface area (Å²) in [5.41, 5.74) is 5.89. The molecule has 4 heteroatoms. The van der Waals surface area contributed by atoms with Crippen LogP contribution in [0.1, 0.15) is 36.9 Å². The molecule has 2 aliphatic rings. The van der Waals surface area contributed by atoms with E-state index in [1.165, 1.54) is 42.6 Å². The van der Waals surface area contributed by atoms with E-state index in [4.69, 9.17) is 0 Å². The molecular weight excluding hydrogens is 310 g/mol. The standard InChI is InChI=1S/C21H25N3O/c1-15(24-11-3-4-12-24)16-5-7-17(8-6-16)18-9-10-20-19(13-18)14-23(2)21(25)22-20/h5-10,13,15H,3-4,11-12,14H2,1-2H3,(H,22,25)/t15-/m1/s1. The Balaban J connectivity index is 1.56. The molecule has 1 fully saturated rings. The molecule has 1 atom stereocenters. The van der Waals surface area contributed by atoms with Gasteiger partial charge >= 0.3 is 6.03 Å². The Labute approximate surface area is 149 Å². The summed E-state index contributed by atoms with van der Waals surface area (Å²) in [6.45, 7) is 5.39. The molecule has 0 bridgehead atoms. The number of benzene rings is 2. The zero-order chi connectivity index (χ0) is 17.4. The molecular formula is C21H25N3O. The highest BCUT2D eigenvalue weighted by atomic mass is 16.2. The predicted octanol–water partition coefficient (Wildman–Crippen LogP) is 4.49. The molecule has 0 spiro atoms. The van der Waals surface area contributed by atoms with E-state index in [0.717, 1.165) is 11.3 Å². The summed E-state index contributed by atoms with van der Waals surface area (Å²) in [6, 6.07) is 15.7. The van der Waals surface area contributed by atoms with E-state index >= 15 is 0 Å². The summed E-state index contributed by atoms with van der Waals surface area (Å²) < 4.78 is 0. The summed E-state index contributed by atoms with van der Waals surface area (Å²) in [6.07, 6.45) is 2.64. The van der Waals surface area contributed by atoms with Crippen molar-refractivity contribution in [3.63, 3.8) is 0 Å². The maximum atomic E-state index is 11.7. The van der Waals surface area contributed by atoms with Gasteiger partial charge in [0, 0.05) is 25.3 Å². The van der Waals surface area contributed by atoms with E-state index in [1.54, 1.807) is 4.90 Å². The van der Waals surface area contributed by atoms with Crippen LogP contribution in [0.25, 0.3) is 11.1 Å². The number of likely N-dealkylation sites (tertiary alicyclic amines) is 1. The molecule has 2 heterocycles. The molecule has 2 aromatic carbocycles. The highest BCUT2D eigenvalue weighted by molar-refractivity contribution is 5.92. The monoisotopic (exact) mass is 335 g/mol. The summed E-state index contributed by atoms with van der Waals surface area (Å²) in [5, 5.41) is 2.93. The van der Waals surface area contributed by atoms with E-state index < -0.39 is 0 Å². The lowest BCUT2D eigenvalue weighted by Crippen LogP contribution is -2.35. The minimum atomic E-state index is -0.0412. The number of rotatable bonds is 3. The summed E-state index contributed by atoms with van der Waals surface area (Å²) in [5.74, 6) is 0. The molecule has 0 aromatic heterocycles. The average Bonchev–Trinajstić information content (AvgIpc) is 3.16. The van der Waals surface area contributed by atoms with Crippen molar-refractivity contribution < 1.29 is 4.79 Å². The third-order valence-electron chi connectivity index (χ3n) is 5.52. The van der Waals surface area contributed by atoms with Crippen molar-refractivity contribution in [1.82, 2.24) is 9.80 Å². The van der Waals surface area contributed by atoms with Crippen LogP contribution in [-0.4, -0.2) is 36.0 Å². The van der Waals surface area contributed by atoms with Gasteiger partial charge in [0.15, 0.2) is 0 Å². The Hall–Kier alpha value is -2.33. The Morgan fingerprint density at radius 3 is 2.40 bits per heavy atom. The van der Waals surface area contributed by atoms with Crippen LogP contribution in [0.5, 0.6) is 0 Å². The van der Waals surface area contributed by atoms with Crippen LogP contribution < -0.4 is 5.32 Å². The number of urea groups is 1. The predicted molar refractivity (Wildman–Crippen MR) is 102 cm³/mol. The van der Waals surface area contributed by atoms with Crippen molar-refractivity contribution in [3.05, 3.63) is 53.6 Å². The van der Waals surface area contributed by atoms with Gasteiger partial charge in [-0.3, -0.25) is 4.90 Å². The van der Waals surface area contributed by atoms with Gasteiger partial charge in [0.2, 0.25) is 0 Å². The molecule has 4 rings (SSSR count). The highest BCUT2D eigenvalue weighted by Crippen LogP contribution is 2.30. The lowest BCUT2D eigenvalue weighted by atomic mass is 9.98. The van der Waals surface area contributed by atoms with Gasteiger partial charge in [-0.2, -0.15) is 0 Å². The second-order valence-electron chi connectivity index (χ2n) is 7.20. The van der Waals surface area contributed by atoms with E-state index in [0.29, 0.717) is 12.6 Å². The number of hydrogen-bond acceptors (Lipinski definition) is 2. The molecule has 1 saturated heterocycles. The summed E-state index contributed by atoms with van der Waals surface area (Å²) >= 11 is 0. The number of fused-ring (bicyclic) bond motifs is 1. The third-order valence-corrected chi connectivity index (χ3v) is 5.52. The molecule has 2 aromatic rings. The molecule has 2 amide bonds. The highest BCUT2D eigenvalue weighted by Gasteiger charge is 2.20. The van der Waals surface area contributed by atoms with Crippen LogP contribution in [0, 0.1) is 0 Å². The van der Waals surface area contributed by atoms with E-state index in [9.17, 15) is 4.79 Å². The molecule has 0 saturated carbocycles. The first-order valence-corrected chi connectivity index (χ1v) is 9.11. The smallest absolute Gasteiger partial charge is 0.321 e. The first-order chi connectivity index (χ1) is 12.1. The Morgan fingerprint density at radius 2 is 1.68 bits per heavy atom. The topological polar surface area (TPSA) is 35.6 Å². The first kappa shape index (κ1) is 16.2. The molecule has 2 aliphatic heterocycles. The fourth-order valence-electron chi connectivity index (χ4n) is 3.86. The molecule has 0 aliphatic carbocycles. The van der Waals surface area contributed by atoms with Crippen molar-refractivity contribution in [1.29, 1.82) is 0 Å². The second kappa shape index (κ2) is 6.52. The normalized spacial score (nSPS) is 18.8. The quantitative estimate of drug-likeness (QED) is 0.897. The van der Waals surface area contributed by atoms with Crippen molar-refractivity contribution >= 4 is 11.7 Å². The maximum Gasteiger partial charge on any atom is 0.321 e. The number of nitrogens with zero attached hydrogens (tertiary/aromatic N) is 2. The van der Waals surface area contributed by atoms with E-state index in [-0.39, 0.29) is 6.03 Å². The van der Waals surface area contributed by atoms with Crippen LogP contribution in [0.2, 0.25) is 0 Å². The van der Waals surface area contributed by atoms with Crippen molar-refractivity contribution in [3.8, 4) is 11.1 Å². The molecule has 25 heavy (non-hydrogen) atoms. The fraction of sp³-hybridized carbons (Fsp3) is 0.381. The first-order valence-electron chi connectivity index (χ1n) is 9.11. The van der Waals surface area contributed by atoms with Crippen LogP contribution >= 0.6 is 0 Å². The Bertz CT molecular complexity index is 778. The molecule has 4 nitrogen and oxygen atoms in total. The minimum absolute atomic E-state index is 0.0412. The zero-order valence-electron chi connectivity index (χ0n) is 15.0. The molecule has 1 N–H and O–H groups in total. The number of hydrogen-bond donors (Lipinski definition) is 1. The largest absolute Gasteiger partial charge is 0.323 e. The summed E-state index contributed by atoms with van der Waals surface area (Å²) in [7, 11) is 1.82. The van der Waals surface area contributed by atoms with Crippen LogP contribution in [0.15, 0.2) is 42.5 Å². The summed E-state index contributed by atoms with van der Waals surface area (Å²) in [4.78, 5) is 16.0. The number of anilines is 1. The Morgan fingerprint density at radius 1 is 1.00 bits per heavy atom. The van der Waals surface area contributed by atoms with Crippen LogP contribution in [0.4, 0.5) is 10.5 Å². The van der Waals surface area contributed by atoms with Gasteiger partial charge in [-0.15, -0.1) is 0 Å². The van der Waals surface area contributed by atoms with Gasteiger partial charge in [0.25, 0.3) is 0 Å². The average molecular weight is 335 g/mol. The second-order valence-corrected chi connectivity index (χ2v) is 7.20. The lowest BCUT2D eigenvalue weighted by molar-refractivity contribution is 0.218. The van der Waals surface area contributed by atoms with Crippen LogP contribution in [-0.2, 0) is 6.54 Å². The minimum Gasteiger partial charge on any atom is -0.323 e. The number of carbonyl (C=O) groups excluding carboxylic acids is 1. The van der Waals surface area contributed by atoms with Gasteiger partial charge in [-0.25, -0.2) is 4.79 Å². The maximum absolute atomic E-state index is 11.7. The lowest BCUT2D eigenvalue weighted by Gasteiger charge is -2.26. The van der Waals surface area contributed by atoms with Gasteiger partial charge in [-0.05, 0) is 67.2 Å². The van der Waals surface area contributed by atoms with Crippen LogP contribution in [0.3, 0.4) is 0 Å². The van der Waals surface area contributed by atoms with Crippen molar-refractivity contribution in [2.75, 3.05) is 25.5 Å². The number of carbonyl (C=O) groups is 1. The third kappa shape index (κ3) is 3.14. The fourth-order valence-corrected chi connectivity index (χ4v) is 3.86. The van der Waals surface area contributed by atoms with Crippen molar-refractivity contribution in [2.24, 2.45) is 0 Å². The van der Waals surface area contributed by atoms with Gasteiger partial charge < -0.3 is 10.2 Å². The molecule has 0 radical (unpaired) electrons. The molecule has 130 valence electrons. The van der Waals surface area contributed by atoms with Gasteiger partial charge in [0.05, 0.1) is 0 Å². The number of amides is 2. The SMILES string of the molecule is C[C@H](c1ccc(-c2ccc3c(c2)CN(C)C(=O)N3)cc1)N1CCCC1. The van der Waals surface area contributed by atoms with Gasteiger partial charge in [0.1, 0.15) is 0 Å². The zero-order valence-corrected chi connectivity index (χ0v) is 15.0. The molecule has 0 unspecified atom stereocenters.